The van der Waals surface area contributed by atoms with Crippen molar-refractivity contribution in [3.8, 4) is 16.9 Å². The van der Waals surface area contributed by atoms with E-state index in [2.05, 4.69) is 10.0 Å². The molecule has 1 aliphatic heterocycles. The first-order valence-electron chi connectivity index (χ1n) is 11.1. The molecule has 0 radical (unpaired) electrons. The second-order valence-corrected chi connectivity index (χ2v) is 12.2. The van der Waals surface area contributed by atoms with Crippen molar-refractivity contribution in [1.29, 1.82) is 0 Å². The molecular weight excluding hydrogens is 551 g/mol. The van der Waals surface area contributed by atoms with Gasteiger partial charge in [0.25, 0.3) is 10.0 Å². The lowest BCUT2D eigenvalue weighted by atomic mass is 10.1. The Hall–Kier alpha value is -2.80. The molecule has 4 rings (SSSR count). The van der Waals surface area contributed by atoms with Crippen molar-refractivity contribution in [2.24, 2.45) is 0 Å². The van der Waals surface area contributed by atoms with Gasteiger partial charge in [-0.3, -0.25) is 9.52 Å². The Morgan fingerprint density at radius 1 is 1.16 bits per heavy atom. The van der Waals surface area contributed by atoms with Crippen molar-refractivity contribution >= 4 is 50.2 Å². The molecule has 0 aliphatic carbocycles. The van der Waals surface area contributed by atoms with E-state index in [1.807, 2.05) is 11.9 Å². The number of thiophene rings is 1. The molecule has 13 heteroatoms. The van der Waals surface area contributed by atoms with Gasteiger partial charge in [-0.15, -0.1) is 11.3 Å². The molecule has 1 amide bonds. The highest BCUT2D eigenvalue weighted by atomic mass is 35.5. The van der Waals surface area contributed by atoms with E-state index in [4.69, 9.17) is 16.3 Å². The Morgan fingerprint density at radius 3 is 2.57 bits per heavy atom. The normalized spacial score (nSPS) is 16.5. The third-order valence-electron chi connectivity index (χ3n) is 5.60. The molecule has 3 aromatic rings. The van der Waals surface area contributed by atoms with Crippen LogP contribution in [0.15, 0.2) is 52.7 Å². The van der Waals surface area contributed by atoms with Crippen LogP contribution in [-0.4, -0.2) is 45.5 Å². The van der Waals surface area contributed by atoms with Crippen LogP contribution in [0, 0.1) is 0 Å². The first-order valence-corrected chi connectivity index (χ1v) is 13.8. The number of hydrogen-bond acceptors (Lipinski definition) is 6. The molecule has 198 valence electrons. The maximum Gasteiger partial charge on any atom is 0.419 e. The smallest absolute Gasteiger partial charge is 0.419 e. The monoisotopic (exact) mass is 573 g/mol. The number of nitrogens with zero attached hydrogens (tertiary/aromatic N) is 1. The molecule has 0 unspecified atom stereocenters. The van der Waals surface area contributed by atoms with Crippen molar-refractivity contribution in [3.05, 3.63) is 58.4 Å². The molecule has 2 aromatic carbocycles. The van der Waals surface area contributed by atoms with E-state index >= 15 is 0 Å². The summed E-state index contributed by atoms with van der Waals surface area (Å²) in [7, 11) is -2.34. The maximum absolute atomic E-state index is 13.6. The van der Waals surface area contributed by atoms with Gasteiger partial charge in [-0.25, -0.2) is 8.42 Å². The molecule has 0 saturated carbocycles. The van der Waals surface area contributed by atoms with Crippen molar-refractivity contribution in [1.82, 2.24) is 4.90 Å². The first-order chi connectivity index (χ1) is 17.3. The molecule has 2 heterocycles. The Kier molecular flexibility index (Phi) is 7.75. The number of carbonyl (C=O) groups excluding carboxylic acids is 1. The quantitative estimate of drug-likeness (QED) is 0.366. The van der Waals surface area contributed by atoms with Crippen LogP contribution < -0.4 is 14.8 Å². The predicted octanol–water partition coefficient (Wildman–Crippen LogP) is 5.93. The van der Waals surface area contributed by atoms with E-state index in [1.165, 1.54) is 13.0 Å². The number of anilines is 2. The standard InChI is InChI=1S/C24H23ClF3N3O4S2/c1-14(32)29-16-5-3-4-15(10-16)19-12-22(36-23(19)25)37(33,34)30-17-6-7-20(24(26,27)28)21(11-17)35-18-8-9-31(2)13-18/h3-7,10-12,18,30H,8-9,13H2,1-2H3,(H,29,32)/t18-/m1/s1. The number of sulfonamides is 1. The number of likely N-dealkylation sites (N-methyl/N-ethyl adjacent to an activating group) is 1. The number of nitrogens with one attached hydrogen (secondary N) is 2. The van der Waals surface area contributed by atoms with Gasteiger partial charge in [-0.1, -0.05) is 23.7 Å². The van der Waals surface area contributed by atoms with Gasteiger partial charge in [0.2, 0.25) is 5.91 Å². The zero-order valence-electron chi connectivity index (χ0n) is 19.7. The zero-order chi connectivity index (χ0) is 27.0. The zero-order valence-corrected chi connectivity index (χ0v) is 22.1. The molecule has 1 aliphatic rings. The summed E-state index contributed by atoms with van der Waals surface area (Å²) < 4.78 is 75.0. The third kappa shape index (κ3) is 6.56. The number of alkyl halides is 3. The van der Waals surface area contributed by atoms with Crippen LogP contribution in [0.2, 0.25) is 4.34 Å². The molecule has 1 saturated heterocycles. The second-order valence-electron chi connectivity index (χ2n) is 8.62. The van der Waals surface area contributed by atoms with E-state index < -0.39 is 33.6 Å². The van der Waals surface area contributed by atoms with Crippen LogP contribution in [0.3, 0.4) is 0 Å². The van der Waals surface area contributed by atoms with Gasteiger partial charge in [0.15, 0.2) is 0 Å². The van der Waals surface area contributed by atoms with Crippen LogP contribution in [-0.2, 0) is 21.0 Å². The van der Waals surface area contributed by atoms with Crippen LogP contribution in [0.1, 0.15) is 18.9 Å². The fourth-order valence-corrected chi connectivity index (χ4v) is 6.75. The highest BCUT2D eigenvalue weighted by Crippen LogP contribution is 2.41. The van der Waals surface area contributed by atoms with Gasteiger partial charge in [-0.05, 0) is 49.4 Å². The Balaban J connectivity index is 1.61. The first kappa shape index (κ1) is 27.2. The van der Waals surface area contributed by atoms with Gasteiger partial charge in [-0.2, -0.15) is 13.2 Å². The van der Waals surface area contributed by atoms with Gasteiger partial charge < -0.3 is 15.0 Å². The van der Waals surface area contributed by atoms with E-state index in [9.17, 15) is 26.4 Å². The number of halogens is 4. The SMILES string of the molecule is CC(=O)Nc1cccc(-c2cc(S(=O)(=O)Nc3ccc(C(F)(F)F)c(O[C@@H]4CCN(C)C4)c3)sc2Cl)c1. The molecule has 37 heavy (non-hydrogen) atoms. The fraction of sp³-hybridized carbons (Fsp3) is 0.292. The molecule has 1 aromatic heterocycles. The number of hydrogen-bond donors (Lipinski definition) is 2. The van der Waals surface area contributed by atoms with E-state index in [-0.39, 0.29) is 20.1 Å². The topological polar surface area (TPSA) is 87.7 Å². The van der Waals surface area contributed by atoms with Crippen molar-refractivity contribution < 1.29 is 31.1 Å². The van der Waals surface area contributed by atoms with E-state index in [0.29, 0.717) is 36.3 Å². The lowest BCUT2D eigenvalue weighted by Crippen LogP contribution is -2.23. The molecule has 2 N–H and O–H groups in total. The number of rotatable bonds is 7. The largest absolute Gasteiger partial charge is 0.488 e. The van der Waals surface area contributed by atoms with Crippen molar-refractivity contribution in [2.75, 3.05) is 30.2 Å². The van der Waals surface area contributed by atoms with Gasteiger partial charge >= 0.3 is 6.18 Å². The molecule has 0 spiro atoms. The molecule has 1 atom stereocenters. The lowest BCUT2D eigenvalue weighted by molar-refractivity contribution is -0.139. The number of likely N-dealkylation sites (tertiary alicyclic amines) is 1. The van der Waals surface area contributed by atoms with Gasteiger partial charge in [0, 0.05) is 37.3 Å². The average molecular weight is 574 g/mol. The fourth-order valence-electron chi connectivity index (χ4n) is 3.94. The van der Waals surface area contributed by atoms with E-state index in [1.54, 1.807) is 24.3 Å². The van der Waals surface area contributed by atoms with Crippen molar-refractivity contribution in [3.63, 3.8) is 0 Å². The summed E-state index contributed by atoms with van der Waals surface area (Å²) >= 11 is 7.14. The summed E-state index contributed by atoms with van der Waals surface area (Å²) in [4.78, 5) is 13.3. The Labute approximate surface area is 221 Å². The lowest BCUT2D eigenvalue weighted by Gasteiger charge is -2.19. The summed E-state index contributed by atoms with van der Waals surface area (Å²) in [6.07, 6.45) is -4.55. The van der Waals surface area contributed by atoms with Crippen LogP contribution in [0.5, 0.6) is 5.75 Å². The highest BCUT2D eigenvalue weighted by molar-refractivity contribution is 7.94. The summed E-state index contributed by atoms with van der Waals surface area (Å²) in [5.41, 5.74) is 0.473. The third-order valence-corrected chi connectivity index (χ3v) is 8.82. The number of amides is 1. The maximum atomic E-state index is 13.6. The summed E-state index contributed by atoms with van der Waals surface area (Å²) in [5.74, 6) is -0.700. The Bertz CT molecular complexity index is 1430. The van der Waals surface area contributed by atoms with Gasteiger partial charge in [0.05, 0.1) is 11.3 Å². The van der Waals surface area contributed by atoms with Gasteiger partial charge in [0.1, 0.15) is 20.4 Å². The van der Waals surface area contributed by atoms with Crippen LogP contribution in [0.4, 0.5) is 24.5 Å². The van der Waals surface area contributed by atoms with Crippen LogP contribution in [0.25, 0.3) is 11.1 Å². The molecule has 7 nitrogen and oxygen atoms in total. The summed E-state index contributed by atoms with van der Waals surface area (Å²) in [5, 5.41) is 2.65. The molecular formula is C24H23ClF3N3O4S2. The number of ether oxygens (including phenoxy) is 1. The van der Waals surface area contributed by atoms with Crippen LogP contribution >= 0.6 is 22.9 Å². The number of benzene rings is 2. The minimum absolute atomic E-state index is 0.0759. The molecule has 0 bridgehead atoms. The molecule has 1 fully saturated rings. The highest BCUT2D eigenvalue weighted by Gasteiger charge is 2.36. The second kappa shape index (κ2) is 10.5. The van der Waals surface area contributed by atoms with Crippen molar-refractivity contribution in [2.45, 2.75) is 29.8 Å². The average Bonchev–Trinajstić information content (AvgIpc) is 3.38. The number of carbonyl (C=O) groups is 1. The predicted molar refractivity (Wildman–Crippen MR) is 138 cm³/mol. The Morgan fingerprint density at radius 2 is 1.92 bits per heavy atom. The minimum atomic E-state index is -4.67. The summed E-state index contributed by atoms with van der Waals surface area (Å²) in [6.45, 7) is 2.52. The van der Waals surface area contributed by atoms with E-state index in [0.717, 1.165) is 29.5 Å². The summed E-state index contributed by atoms with van der Waals surface area (Å²) in [6, 6.07) is 11.0. The minimum Gasteiger partial charge on any atom is -0.488 e.